The van der Waals surface area contributed by atoms with Gasteiger partial charge in [-0.2, -0.15) is 0 Å². The average molecular weight is 252 g/mol. The SMILES string of the molecule is C[P+](C)(C)CO.NCCCC[C@H](N)C(=O)[O-]. The highest BCUT2D eigenvalue weighted by atomic mass is 31.2. The van der Waals surface area contributed by atoms with Crippen LogP contribution in [0.4, 0.5) is 0 Å². The Morgan fingerprint density at radius 1 is 1.38 bits per heavy atom. The lowest BCUT2D eigenvalue weighted by Gasteiger charge is -2.10. The van der Waals surface area contributed by atoms with Gasteiger partial charge in [0.25, 0.3) is 0 Å². The summed E-state index contributed by atoms with van der Waals surface area (Å²) in [4.78, 5) is 10.0. The summed E-state index contributed by atoms with van der Waals surface area (Å²) in [7, 11) is -0.841. The van der Waals surface area contributed by atoms with Gasteiger partial charge in [0.2, 0.25) is 0 Å². The second-order valence-electron chi connectivity index (χ2n) is 4.64. The Balaban J connectivity index is 0. The Kier molecular flexibility index (Phi) is 11.3. The van der Waals surface area contributed by atoms with Gasteiger partial charge >= 0.3 is 0 Å². The number of carboxylic acid groups (broad SMARTS) is 1. The minimum Gasteiger partial charge on any atom is -0.548 e. The predicted molar refractivity (Wildman–Crippen MR) is 67.7 cm³/mol. The van der Waals surface area contributed by atoms with Crippen LogP contribution in [0.2, 0.25) is 0 Å². The molecule has 0 aromatic rings. The van der Waals surface area contributed by atoms with Gasteiger partial charge < -0.3 is 26.5 Å². The fourth-order valence-electron chi connectivity index (χ4n) is 0.626. The van der Waals surface area contributed by atoms with E-state index in [0.29, 0.717) is 19.3 Å². The number of unbranched alkanes of at least 4 members (excludes halogenated alkanes) is 1. The molecule has 16 heavy (non-hydrogen) atoms. The van der Waals surface area contributed by atoms with Crippen molar-refractivity contribution in [2.75, 3.05) is 32.9 Å². The molecule has 0 amide bonds. The van der Waals surface area contributed by atoms with Crippen molar-refractivity contribution in [1.82, 2.24) is 0 Å². The van der Waals surface area contributed by atoms with Crippen molar-refractivity contribution in [3.05, 3.63) is 0 Å². The Morgan fingerprint density at radius 3 is 2.06 bits per heavy atom. The van der Waals surface area contributed by atoms with Crippen LogP contribution in [0.5, 0.6) is 0 Å². The van der Waals surface area contributed by atoms with Gasteiger partial charge in [0.05, 0.1) is 26.0 Å². The lowest BCUT2D eigenvalue weighted by atomic mass is 10.1. The standard InChI is InChI=1S/C6H14N2O2.C4H12OP/c7-4-2-1-3-5(8)6(9)10;1-6(2,3)4-5/h5H,1-4,7-8H2,(H,9,10);5H,4H2,1-3H3/q;+1/p-1/t5-;/m0./s1. The predicted octanol–water partition coefficient (Wildman–Crippen LogP) is -0.964. The Hall–Kier alpha value is -0.220. The van der Waals surface area contributed by atoms with Crippen LogP contribution in [-0.2, 0) is 4.79 Å². The number of aliphatic hydroxyl groups excluding tert-OH is 1. The van der Waals surface area contributed by atoms with E-state index in [-0.39, 0.29) is 0 Å². The quantitative estimate of drug-likeness (QED) is 0.416. The first kappa shape index (κ1) is 18.2. The van der Waals surface area contributed by atoms with Gasteiger partial charge in [-0.3, -0.25) is 0 Å². The van der Waals surface area contributed by atoms with Gasteiger partial charge in [0, 0.05) is 13.3 Å². The van der Waals surface area contributed by atoms with Crippen LogP contribution in [0.25, 0.3) is 0 Å². The van der Waals surface area contributed by atoms with E-state index in [9.17, 15) is 9.90 Å². The summed E-state index contributed by atoms with van der Waals surface area (Å²) in [6.45, 7) is 6.90. The Bertz CT molecular complexity index is 183. The topological polar surface area (TPSA) is 112 Å². The number of nitrogens with two attached hydrogens (primary N) is 2. The maximum absolute atomic E-state index is 10.0. The average Bonchev–Trinajstić information content (AvgIpc) is 2.17. The molecule has 0 bridgehead atoms. The van der Waals surface area contributed by atoms with Gasteiger partial charge in [-0.15, -0.1) is 0 Å². The summed E-state index contributed by atoms with van der Waals surface area (Å²) >= 11 is 0. The van der Waals surface area contributed by atoms with E-state index in [2.05, 4.69) is 20.0 Å². The highest BCUT2D eigenvalue weighted by Gasteiger charge is 2.12. The summed E-state index contributed by atoms with van der Waals surface area (Å²) in [5, 5.41) is 18.5. The molecular weight excluding hydrogens is 227 g/mol. The number of hydrogen-bond donors (Lipinski definition) is 3. The van der Waals surface area contributed by atoms with E-state index < -0.39 is 19.3 Å². The first-order valence-electron chi connectivity index (χ1n) is 5.32. The first-order chi connectivity index (χ1) is 7.24. The summed E-state index contributed by atoms with van der Waals surface area (Å²) in [6.07, 6.45) is 2.42. The normalized spacial score (nSPS) is 12.6. The number of aliphatic carboxylic acids is 1. The molecule has 0 saturated carbocycles. The maximum Gasteiger partial charge on any atom is 0.153 e. The summed E-state index contributed by atoms with van der Waals surface area (Å²) in [5.41, 5.74) is 10.3. The zero-order chi connectivity index (χ0) is 13.2. The highest BCUT2D eigenvalue weighted by Crippen LogP contribution is 2.44. The molecule has 0 aliphatic carbocycles. The second kappa shape index (κ2) is 9.97. The number of aliphatic hydroxyl groups is 1. The van der Waals surface area contributed by atoms with Crippen LogP contribution < -0.4 is 16.6 Å². The molecule has 0 aliphatic heterocycles. The minimum atomic E-state index is -1.18. The molecule has 0 aromatic heterocycles. The Labute approximate surface area is 98.5 Å². The monoisotopic (exact) mass is 252 g/mol. The van der Waals surface area contributed by atoms with E-state index in [1.807, 2.05) is 0 Å². The van der Waals surface area contributed by atoms with Gasteiger partial charge in [0.15, 0.2) is 6.35 Å². The number of carboxylic acids is 1. The van der Waals surface area contributed by atoms with Crippen LogP contribution in [0.3, 0.4) is 0 Å². The van der Waals surface area contributed by atoms with Crippen molar-refractivity contribution in [3.8, 4) is 0 Å². The van der Waals surface area contributed by atoms with Crippen molar-refractivity contribution >= 4 is 13.2 Å². The lowest BCUT2D eigenvalue weighted by Crippen LogP contribution is -2.41. The van der Waals surface area contributed by atoms with E-state index in [1.54, 1.807) is 0 Å². The molecule has 0 heterocycles. The van der Waals surface area contributed by atoms with Gasteiger partial charge in [0.1, 0.15) is 0 Å². The summed E-state index contributed by atoms with van der Waals surface area (Å²) in [5.74, 6) is -1.18. The van der Waals surface area contributed by atoms with Crippen molar-refractivity contribution in [1.29, 1.82) is 0 Å². The van der Waals surface area contributed by atoms with Crippen molar-refractivity contribution in [3.63, 3.8) is 0 Å². The molecule has 0 fully saturated rings. The molecule has 6 heteroatoms. The molecule has 5 N–H and O–H groups in total. The summed E-state index contributed by atoms with van der Waals surface area (Å²) < 4.78 is 0. The molecule has 5 nitrogen and oxygen atoms in total. The summed E-state index contributed by atoms with van der Waals surface area (Å²) in [6, 6.07) is -0.827. The first-order valence-corrected chi connectivity index (χ1v) is 8.64. The fraction of sp³-hybridized carbons (Fsp3) is 0.900. The maximum atomic E-state index is 10.0. The van der Waals surface area contributed by atoms with Crippen LogP contribution in [0.1, 0.15) is 19.3 Å². The number of rotatable bonds is 6. The van der Waals surface area contributed by atoms with E-state index in [0.717, 1.165) is 12.8 Å². The molecule has 0 aromatic carbocycles. The van der Waals surface area contributed by atoms with Crippen LogP contribution in [-0.4, -0.2) is 50.0 Å². The molecule has 1 atom stereocenters. The molecule has 0 rings (SSSR count). The van der Waals surface area contributed by atoms with Gasteiger partial charge in [-0.25, -0.2) is 0 Å². The second-order valence-corrected chi connectivity index (χ2v) is 9.51. The molecule has 0 radical (unpaired) electrons. The molecule has 0 unspecified atom stereocenters. The third-order valence-electron chi connectivity index (χ3n) is 1.70. The van der Waals surface area contributed by atoms with E-state index in [4.69, 9.17) is 16.6 Å². The van der Waals surface area contributed by atoms with Gasteiger partial charge in [-0.05, 0) is 19.4 Å². The van der Waals surface area contributed by atoms with Crippen molar-refractivity contribution in [2.24, 2.45) is 11.5 Å². The zero-order valence-corrected chi connectivity index (χ0v) is 11.4. The smallest absolute Gasteiger partial charge is 0.153 e. The minimum absolute atomic E-state index is 0.382. The molecule has 0 aliphatic rings. The number of hydrogen-bond acceptors (Lipinski definition) is 5. The third kappa shape index (κ3) is 16.2. The molecule has 0 saturated heterocycles. The Morgan fingerprint density at radius 2 is 1.81 bits per heavy atom. The van der Waals surface area contributed by atoms with E-state index in [1.165, 1.54) is 0 Å². The lowest BCUT2D eigenvalue weighted by molar-refractivity contribution is -0.307. The van der Waals surface area contributed by atoms with Crippen LogP contribution in [0, 0.1) is 0 Å². The molecule has 0 spiro atoms. The number of carbonyl (C=O) groups is 1. The van der Waals surface area contributed by atoms with Crippen molar-refractivity contribution < 1.29 is 15.0 Å². The zero-order valence-electron chi connectivity index (χ0n) is 10.5. The van der Waals surface area contributed by atoms with Crippen LogP contribution in [0.15, 0.2) is 0 Å². The molecular formula is C10H25N2O3P. The van der Waals surface area contributed by atoms with Crippen molar-refractivity contribution in [2.45, 2.75) is 25.3 Å². The van der Waals surface area contributed by atoms with E-state index >= 15 is 0 Å². The number of carbonyl (C=O) groups excluding carboxylic acids is 1. The third-order valence-corrected chi connectivity index (χ3v) is 2.54. The largest absolute Gasteiger partial charge is 0.548 e. The fourth-order valence-corrected chi connectivity index (χ4v) is 0.626. The van der Waals surface area contributed by atoms with Crippen LogP contribution >= 0.6 is 7.26 Å². The van der Waals surface area contributed by atoms with Gasteiger partial charge in [-0.1, -0.05) is 6.42 Å². The highest BCUT2D eigenvalue weighted by molar-refractivity contribution is 7.73. The molecule has 98 valence electrons.